The zero-order valence-electron chi connectivity index (χ0n) is 24.5. The van der Waals surface area contributed by atoms with Gasteiger partial charge in [0.1, 0.15) is 0 Å². The van der Waals surface area contributed by atoms with Gasteiger partial charge in [-0.2, -0.15) is 5.10 Å². The highest BCUT2D eigenvalue weighted by Gasteiger charge is 2.43. The van der Waals surface area contributed by atoms with E-state index in [1.54, 1.807) is 53.2 Å². The van der Waals surface area contributed by atoms with Crippen molar-refractivity contribution in [2.75, 3.05) is 10.2 Å². The van der Waals surface area contributed by atoms with Crippen LogP contribution in [0, 0.1) is 6.92 Å². The molecule has 0 saturated heterocycles. The van der Waals surface area contributed by atoms with Crippen LogP contribution < -0.4 is 10.2 Å². The maximum Gasteiger partial charge on any atom is 0.291 e. The van der Waals surface area contributed by atoms with Gasteiger partial charge in [-0.05, 0) is 84.6 Å². The molecule has 7 rings (SSSR count). The molecule has 5 aromatic rings. The number of para-hydroxylation sites is 2. The van der Waals surface area contributed by atoms with E-state index in [1.165, 1.54) is 0 Å². The first-order valence-electron chi connectivity index (χ1n) is 14.3. The van der Waals surface area contributed by atoms with Crippen molar-refractivity contribution in [3.8, 4) is 5.69 Å². The summed E-state index contributed by atoms with van der Waals surface area (Å²) in [5, 5.41) is 8.70. The van der Waals surface area contributed by atoms with Gasteiger partial charge in [0.25, 0.3) is 5.91 Å². The van der Waals surface area contributed by atoms with Crippen LogP contribution in [-0.4, -0.2) is 29.9 Å². The molecule has 0 bridgehead atoms. The molecule has 2 aliphatic heterocycles. The molecule has 1 aromatic heterocycles. The van der Waals surface area contributed by atoms with Crippen LogP contribution in [0.25, 0.3) is 5.69 Å². The second-order valence-corrected chi connectivity index (χ2v) is 14.1. The number of rotatable bonds is 5. The van der Waals surface area contributed by atoms with Gasteiger partial charge in [0, 0.05) is 15.6 Å². The Morgan fingerprint density at radius 2 is 1.56 bits per heavy atom. The molecule has 1 N–H and O–H groups in total. The molecule has 0 aliphatic carbocycles. The monoisotopic (exact) mass is 655 g/mol. The van der Waals surface area contributed by atoms with Crippen molar-refractivity contribution < 1.29 is 13.2 Å². The van der Waals surface area contributed by atoms with E-state index in [4.69, 9.17) is 33.3 Å². The Balaban J connectivity index is 1.36. The van der Waals surface area contributed by atoms with Crippen molar-refractivity contribution in [1.82, 2.24) is 9.78 Å². The average Bonchev–Trinajstić information content (AvgIpc) is 3.36. The lowest BCUT2D eigenvalue weighted by atomic mass is 9.93. The quantitative estimate of drug-likeness (QED) is 0.207. The number of amidine groups is 1. The summed E-state index contributed by atoms with van der Waals surface area (Å²) in [6.07, 6.45) is 0. The van der Waals surface area contributed by atoms with Gasteiger partial charge in [0.05, 0.1) is 38.6 Å². The topological polar surface area (TPSA) is 96.7 Å². The third-order valence-electron chi connectivity index (χ3n) is 8.17. The number of hydrogen-bond acceptors (Lipinski definition) is 6. The minimum atomic E-state index is -3.74. The highest BCUT2D eigenvalue weighted by molar-refractivity contribution is 7.91. The van der Waals surface area contributed by atoms with Crippen LogP contribution in [0.5, 0.6) is 0 Å². The largest absolute Gasteiger partial charge is 0.317 e. The minimum absolute atomic E-state index is 0.160. The Kier molecular flexibility index (Phi) is 7.07. The molecule has 3 heterocycles. The van der Waals surface area contributed by atoms with Gasteiger partial charge in [0.2, 0.25) is 15.7 Å². The first kappa shape index (κ1) is 29.3. The third-order valence-corrected chi connectivity index (χ3v) is 10.5. The molecular weight excluding hydrogens is 629 g/mol. The van der Waals surface area contributed by atoms with Crippen LogP contribution in [0.1, 0.15) is 48.2 Å². The highest BCUT2D eigenvalue weighted by Crippen LogP contribution is 2.49. The maximum absolute atomic E-state index is 13.5. The number of benzene rings is 4. The molecule has 8 nitrogen and oxygen atoms in total. The van der Waals surface area contributed by atoms with Gasteiger partial charge < -0.3 is 10.2 Å². The summed E-state index contributed by atoms with van der Waals surface area (Å²) in [6.45, 7) is 6.00. The summed E-state index contributed by atoms with van der Waals surface area (Å²) in [5.74, 6) is 0.557. The smallest absolute Gasteiger partial charge is 0.291 e. The van der Waals surface area contributed by atoms with Crippen molar-refractivity contribution in [2.24, 2.45) is 4.99 Å². The molecule has 45 heavy (non-hydrogen) atoms. The van der Waals surface area contributed by atoms with Gasteiger partial charge in [-0.1, -0.05) is 67.4 Å². The molecule has 1 atom stereocenters. The normalized spacial score (nSPS) is 15.7. The van der Waals surface area contributed by atoms with Gasteiger partial charge in [-0.3, -0.25) is 4.79 Å². The molecule has 0 saturated carbocycles. The Bertz CT molecular complexity index is 2140. The second kappa shape index (κ2) is 10.9. The van der Waals surface area contributed by atoms with E-state index in [9.17, 15) is 13.2 Å². The minimum Gasteiger partial charge on any atom is -0.317 e. The number of anilines is 2. The van der Waals surface area contributed by atoms with Crippen molar-refractivity contribution in [3.63, 3.8) is 0 Å². The first-order valence-corrected chi connectivity index (χ1v) is 16.6. The number of aromatic nitrogens is 2. The summed E-state index contributed by atoms with van der Waals surface area (Å²) in [6, 6.07) is 25.7. The highest BCUT2D eigenvalue weighted by atomic mass is 35.5. The molecule has 0 radical (unpaired) electrons. The van der Waals surface area contributed by atoms with Crippen molar-refractivity contribution in [2.45, 2.75) is 42.5 Å². The summed E-state index contributed by atoms with van der Waals surface area (Å²) in [4.78, 5) is 20.6. The van der Waals surface area contributed by atoms with E-state index in [2.05, 4.69) is 19.2 Å². The zero-order chi connectivity index (χ0) is 31.6. The molecule has 4 aromatic carbocycles. The van der Waals surface area contributed by atoms with Crippen molar-refractivity contribution in [1.29, 1.82) is 0 Å². The number of hydrogen-bond donors (Lipinski definition) is 1. The van der Waals surface area contributed by atoms with Gasteiger partial charge in [-0.25, -0.2) is 18.1 Å². The molecule has 11 heteroatoms. The lowest BCUT2D eigenvalue weighted by Crippen LogP contribution is -2.48. The fraction of sp³-hybridized carbons (Fsp3) is 0.147. The summed E-state index contributed by atoms with van der Waals surface area (Å²) in [5.41, 5.74) is 5.23. The molecule has 0 spiro atoms. The van der Waals surface area contributed by atoms with Crippen molar-refractivity contribution >= 4 is 62.0 Å². The van der Waals surface area contributed by atoms with Gasteiger partial charge >= 0.3 is 0 Å². The lowest BCUT2D eigenvalue weighted by molar-refractivity contribution is -0.110. The Labute approximate surface area is 270 Å². The summed E-state index contributed by atoms with van der Waals surface area (Å²) in [7, 11) is -3.74. The van der Waals surface area contributed by atoms with E-state index >= 15 is 0 Å². The standard InChI is InChI=1S/C34H27Cl2N5O3S/c1-19(2)21-8-13-24(14-9-21)45(43,44)25-15-11-23(12-16-25)41-32-30(20(3)39-41)31(26-17-10-22(35)18-27(26)36)40-29-7-5-4-6-28(29)37-34(42)33(40)38-32/h4-19,31H,1-3H3,(H,37,42)/t31-/m0/s1. The average molecular weight is 657 g/mol. The number of halogens is 2. The van der Waals surface area contributed by atoms with Gasteiger partial charge in [-0.15, -0.1) is 0 Å². The molecule has 0 unspecified atom stereocenters. The van der Waals surface area contributed by atoms with E-state index in [1.807, 2.05) is 54.3 Å². The SMILES string of the molecule is Cc1nn(-c2ccc(S(=O)(=O)c3ccc(C(C)C)cc3)cc2)c2c1[C@H](c1ccc(Cl)cc1Cl)N1C(=N2)C(=O)Nc2ccccc21. The number of aliphatic imine (C=N–C) groups is 1. The van der Waals surface area contributed by atoms with Gasteiger partial charge in [0.15, 0.2) is 5.82 Å². The third kappa shape index (κ3) is 4.82. The predicted molar refractivity (Wildman–Crippen MR) is 177 cm³/mol. The van der Waals surface area contributed by atoms with E-state index in [-0.39, 0.29) is 21.5 Å². The first-order chi connectivity index (χ1) is 21.5. The number of fused-ring (bicyclic) bond motifs is 4. The van der Waals surface area contributed by atoms with E-state index in [0.717, 1.165) is 22.4 Å². The number of nitrogens with zero attached hydrogens (tertiary/aromatic N) is 4. The number of sulfone groups is 1. The van der Waals surface area contributed by atoms with Crippen LogP contribution in [-0.2, 0) is 14.6 Å². The zero-order valence-corrected chi connectivity index (χ0v) is 26.8. The number of carbonyl (C=O) groups excluding carboxylic acids is 1. The number of carbonyl (C=O) groups is 1. The Morgan fingerprint density at radius 1 is 0.889 bits per heavy atom. The second-order valence-electron chi connectivity index (χ2n) is 11.3. The molecule has 0 fully saturated rings. The van der Waals surface area contributed by atoms with E-state index < -0.39 is 15.9 Å². The fourth-order valence-corrected chi connectivity index (χ4v) is 7.65. The lowest BCUT2D eigenvalue weighted by Gasteiger charge is -2.40. The number of aryl methyl sites for hydroxylation is 1. The molecule has 1 amide bonds. The molecular formula is C34H27Cl2N5O3S. The summed E-state index contributed by atoms with van der Waals surface area (Å²) >= 11 is 13.1. The predicted octanol–water partition coefficient (Wildman–Crippen LogP) is 8.04. The number of nitrogens with one attached hydrogen (secondary N) is 1. The van der Waals surface area contributed by atoms with Crippen LogP contribution in [0.3, 0.4) is 0 Å². The van der Waals surface area contributed by atoms with Crippen LogP contribution in [0.2, 0.25) is 10.0 Å². The fourth-order valence-electron chi connectivity index (χ4n) is 5.87. The summed E-state index contributed by atoms with van der Waals surface area (Å²) < 4.78 is 28.5. The van der Waals surface area contributed by atoms with Crippen LogP contribution in [0.4, 0.5) is 17.2 Å². The Morgan fingerprint density at radius 3 is 2.22 bits per heavy atom. The van der Waals surface area contributed by atoms with Crippen LogP contribution >= 0.6 is 23.2 Å². The van der Waals surface area contributed by atoms with E-state index in [0.29, 0.717) is 38.8 Å². The molecule has 226 valence electrons. The maximum atomic E-state index is 13.5. The molecule has 2 aliphatic rings. The van der Waals surface area contributed by atoms with Crippen molar-refractivity contribution in [3.05, 3.63) is 123 Å². The van der Waals surface area contributed by atoms with Crippen LogP contribution in [0.15, 0.2) is 106 Å². The Hall–Kier alpha value is -4.44. The number of amides is 1.